The minimum Gasteiger partial charge on any atom is -0.347 e. The summed E-state index contributed by atoms with van der Waals surface area (Å²) in [6.45, 7) is 4.20. The molecule has 0 bridgehead atoms. The molecule has 2 heterocycles. The van der Waals surface area contributed by atoms with E-state index in [2.05, 4.69) is 34.9 Å². The van der Waals surface area contributed by atoms with Gasteiger partial charge in [-0.05, 0) is 11.6 Å². The number of alkyl halides is 6. The van der Waals surface area contributed by atoms with Crippen LogP contribution in [0.3, 0.4) is 0 Å². The summed E-state index contributed by atoms with van der Waals surface area (Å²) in [5.74, 6) is -0.388. The number of anilines is 1. The van der Waals surface area contributed by atoms with Gasteiger partial charge >= 0.3 is 0 Å². The lowest BCUT2D eigenvalue weighted by Crippen LogP contribution is -2.24. The van der Waals surface area contributed by atoms with Gasteiger partial charge in [-0.2, -0.15) is 0 Å². The number of nitrogens with zero attached hydrogens (tertiary/aromatic N) is 4. The predicted octanol–water partition coefficient (Wildman–Crippen LogP) is 7.69. The first-order chi connectivity index (χ1) is 16.2. The highest BCUT2D eigenvalue weighted by Crippen LogP contribution is 2.46. The van der Waals surface area contributed by atoms with Crippen molar-refractivity contribution in [2.24, 2.45) is 0 Å². The van der Waals surface area contributed by atoms with E-state index < -0.39 is 7.59 Å². The number of rotatable bonds is 3. The van der Waals surface area contributed by atoms with Gasteiger partial charge in [-0.3, -0.25) is 4.79 Å². The quantitative estimate of drug-likeness (QED) is 0.178. The van der Waals surface area contributed by atoms with Gasteiger partial charge in [0.1, 0.15) is 0 Å². The number of halogens is 6. The molecular formula is C24H18Cl6N4O. The Hall–Kier alpha value is -1.60. The lowest BCUT2D eigenvalue weighted by Gasteiger charge is -2.24. The van der Waals surface area contributed by atoms with Crippen LogP contribution in [-0.2, 0) is 13.0 Å². The number of aromatic nitrogens is 3. The fourth-order valence-electron chi connectivity index (χ4n) is 4.01. The summed E-state index contributed by atoms with van der Waals surface area (Å²) in [6.07, 6.45) is 1.67. The summed E-state index contributed by atoms with van der Waals surface area (Å²) in [4.78, 5) is 27.6. The van der Waals surface area contributed by atoms with Gasteiger partial charge in [0, 0.05) is 41.1 Å². The van der Waals surface area contributed by atoms with Crippen LogP contribution in [0.1, 0.15) is 41.4 Å². The summed E-state index contributed by atoms with van der Waals surface area (Å²) < 4.78 is -3.91. The molecule has 0 fully saturated rings. The molecule has 0 unspecified atom stereocenters. The summed E-state index contributed by atoms with van der Waals surface area (Å²) in [6, 6.07) is 14.8. The summed E-state index contributed by atoms with van der Waals surface area (Å²) >= 11 is 35.7. The number of fused-ring (bicyclic) bond motifs is 1. The molecule has 3 aromatic rings. The number of likely N-dealkylation sites (N-methyl/N-ethyl adjacent to an activating group) is 1. The molecule has 2 aromatic carbocycles. The van der Waals surface area contributed by atoms with E-state index in [9.17, 15) is 4.79 Å². The van der Waals surface area contributed by atoms with E-state index in [-0.39, 0.29) is 28.7 Å². The molecule has 1 aromatic heterocycles. The molecule has 0 saturated heterocycles. The van der Waals surface area contributed by atoms with E-state index in [1.165, 1.54) is 5.56 Å². The molecule has 0 spiro atoms. The molecule has 0 aliphatic carbocycles. The summed E-state index contributed by atoms with van der Waals surface area (Å²) in [5.41, 5.74) is 3.85. The van der Waals surface area contributed by atoms with Gasteiger partial charge in [0.05, 0.1) is 0 Å². The molecule has 1 aliphatic heterocycles. The zero-order valence-corrected chi connectivity index (χ0v) is 23.2. The highest BCUT2D eigenvalue weighted by Gasteiger charge is 2.38. The third-order valence-corrected chi connectivity index (χ3v) is 6.79. The van der Waals surface area contributed by atoms with Gasteiger partial charge in [0.25, 0.3) is 0 Å². The summed E-state index contributed by atoms with van der Waals surface area (Å²) in [5, 5.41) is 0. The molecule has 35 heavy (non-hydrogen) atoms. The maximum Gasteiger partial charge on any atom is 0.250 e. The van der Waals surface area contributed by atoms with Crippen molar-refractivity contribution < 1.29 is 4.79 Å². The van der Waals surface area contributed by atoms with E-state index in [4.69, 9.17) is 69.6 Å². The Morgan fingerprint density at radius 1 is 0.857 bits per heavy atom. The lowest BCUT2D eigenvalue weighted by molar-refractivity contribution is 0.104. The number of carbonyl (C=O) groups excluding carboxylic acids is 1. The Kier molecular flexibility index (Phi) is 7.08. The average molecular weight is 591 g/mol. The van der Waals surface area contributed by atoms with Gasteiger partial charge in [-0.25, -0.2) is 15.0 Å². The molecule has 0 amide bonds. The Morgan fingerprint density at radius 2 is 1.40 bits per heavy atom. The minimum atomic E-state index is -1.96. The maximum atomic E-state index is 13.2. The normalized spacial score (nSPS) is 16.5. The van der Waals surface area contributed by atoms with Gasteiger partial charge in [0.2, 0.25) is 7.59 Å². The average Bonchev–Trinajstić information content (AvgIpc) is 2.98. The van der Waals surface area contributed by atoms with Crippen LogP contribution in [0.4, 0.5) is 5.69 Å². The zero-order valence-electron chi connectivity index (χ0n) is 18.7. The molecule has 0 atom stereocenters. The fourth-order valence-corrected chi connectivity index (χ4v) is 4.52. The highest BCUT2D eigenvalue weighted by molar-refractivity contribution is 6.67. The van der Waals surface area contributed by atoms with E-state index in [0.29, 0.717) is 11.1 Å². The van der Waals surface area contributed by atoms with Crippen molar-refractivity contribution in [3.05, 3.63) is 83.1 Å². The number of para-hydroxylation sites is 1. The van der Waals surface area contributed by atoms with E-state index in [1.807, 2.05) is 30.1 Å². The molecule has 11 heteroatoms. The molecule has 1 aliphatic rings. The largest absolute Gasteiger partial charge is 0.347 e. The van der Waals surface area contributed by atoms with Crippen LogP contribution in [0.15, 0.2) is 60.3 Å². The van der Waals surface area contributed by atoms with Crippen LogP contribution < -0.4 is 4.90 Å². The molecule has 5 nitrogen and oxygen atoms in total. The van der Waals surface area contributed by atoms with Gasteiger partial charge in [-0.15, -0.1) is 0 Å². The van der Waals surface area contributed by atoms with E-state index >= 15 is 0 Å². The number of carbonyl (C=O) groups is 1. The predicted molar refractivity (Wildman–Crippen MR) is 144 cm³/mol. The highest BCUT2D eigenvalue weighted by atomic mass is 35.6. The van der Waals surface area contributed by atoms with Crippen LogP contribution in [-0.4, -0.2) is 27.8 Å². The SMILES string of the molecule is CN1C(=CC(=O)c2ccc(-c3nc(C(Cl)(Cl)Cl)nc(C(Cl)(Cl)Cl)n3)cc2)C(C)(C)c2ccccc21. The van der Waals surface area contributed by atoms with Crippen molar-refractivity contribution in [3.8, 4) is 11.4 Å². The molecule has 0 N–H and O–H groups in total. The van der Waals surface area contributed by atoms with Crippen molar-refractivity contribution in [1.29, 1.82) is 0 Å². The van der Waals surface area contributed by atoms with Gasteiger partial charge in [-0.1, -0.05) is 126 Å². The van der Waals surface area contributed by atoms with Crippen LogP contribution in [0.2, 0.25) is 0 Å². The number of ketones is 1. The molecule has 0 radical (unpaired) electrons. The van der Waals surface area contributed by atoms with Crippen molar-refractivity contribution in [3.63, 3.8) is 0 Å². The first kappa shape index (κ1) is 26.5. The second kappa shape index (κ2) is 9.37. The third kappa shape index (κ3) is 5.27. The van der Waals surface area contributed by atoms with Gasteiger partial charge in [0.15, 0.2) is 23.3 Å². The van der Waals surface area contributed by atoms with Crippen LogP contribution in [0.25, 0.3) is 11.4 Å². The lowest BCUT2D eigenvalue weighted by atomic mass is 9.83. The number of benzene rings is 2. The standard InChI is InChI=1S/C24H18Cl6N4O/c1-22(2)15-6-4-5-7-16(15)34(3)18(22)12-17(35)13-8-10-14(11-9-13)19-31-20(23(25,26)27)33-21(32-19)24(28,29)30/h4-12H,1-3H3. The van der Waals surface area contributed by atoms with Crippen molar-refractivity contribution in [1.82, 2.24) is 15.0 Å². The number of hydrogen-bond donors (Lipinski definition) is 0. The third-order valence-electron chi connectivity index (χ3n) is 5.78. The van der Waals surface area contributed by atoms with E-state index in [0.717, 1.165) is 11.4 Å². The van der Waals surface area contributed by atoms with Crippen molar-refractivity contribution in [2.75, 3.05) is 11.9 Å². The molecule has 182 valence electrons. The maximum absolute atomic E-state index is 13.2. The Morgan fingerprint density at radius 3 is 1.91 bits per heavy atom. The first-order valence-corrected chi connectivity index (χ1v) is 12.6. The number of hydrogen-bond acceptors (Lipinski definition) is 5. The van der Waals surface area contributed by atoms with Gasteiger partial charge < -0.3 is 4.90 Å². The topological polar surface area (TPSA) is 59.0 Å². The van der Waals surface area contributed by atoms with Crippen LogP contribution in [0.5, 0.6) is 0 Å². The summed E-state index contributed by atoms with van der Waals surface area (Å²) in [7, 11) is 1.96. The Balaban J connectivity index is 1.67. The molecular weight excluding hydrogens is 573 g/mol. The second-order valence-electron chi connectivity index (χ2n) is 8.47. The van der Waals surface area contributed by atoms with Crippen LogP contribution in [0, 0.1) is 0 Å². The fraction of sp³-hybridized carbons (Fsp3) is 0.250. The van der Waals surface area contributed by atoms with Crippen molar-refractivity contribution >= 4 is 81.1 Å². The second-order valence-corrected chi connectivity index (χ2v) is 13.0. The Bertz CT molecular complexity index is 1290. The Labute approximate surface area is 233 Å². The van der Waals surface area contributed by atoms with Crippen molar-refractivity contribution in [2.45, 2.75) is 26.8 Å². The number of allylic oxidation sites excluding steroid dienone is 2. The molecule has 0 saturated carbocycles. The first-order valence-electron chi connectivity index (χ1n) is 10.3. The van der Waals surface area contributed by atoms with E-state index in [1.54, 1.807) is 30.3 Å². The smallest absolute Gasteiger partial charge is 0.250 e. The minimum absolute atomic E-state index is 0.132. The monoisotopic (exact) mass is 588 g/mol. The zero-order chi connectivity index (χ0) is 25.8. The molecule has 4 rings (SSSR count). The van der Waals surface area contributed by atoms with Crippen LogP contribution >= 0.6 is 69.6 Å².